The Morgan fingerprint density at radius 1 is 1.21 bits per heavy atom. The van der Waals surface area contributed by atoms with E-state index >= 15 is 0 Å². The molecule has 0 aliphatic carbocycles. The average molecular weight is 472 g/mol. The number of nitrogens with one attached hydrogen (secondary N) is 2. The van der Waals surface area contributed by atoms with Crippen molar-refractivity contribution < 1.29 is 18.4 Å². The highest BCUT2D eigenvalue weighted by atomic mass is 32.2. The molecule has 1 atom stereocenters. The average Bonchev–Trinajstić information content (AvgIpc) is 3.18. The first kappa shape index (κ1) is 24.1. The van der Waals surface area contributed by atoms with E-state index in [2.05, 4.69) is 27.4 Å². The van der Waals surface area contributed by atoms with Gasteiger partial charge < -0.3 is 15.2 Å². The number of carbonyl (C=O) groups is 2. The van der Waals surface area contributed by atoms with Crippen molar-refractivity contribution >= 4 is 29.3 Å². The zero-order valence-electron chi connectivity index (χ0n) is 18.1. The highest BCUT2D eigenvalue weighted by molar-refractivity contribution is 7.99. The first-order chi connectivity index (χ1) is 15.8. The normalized spacial score (nSPS) is 11.6. The molecule has 33 heavy (non-hydrogen) atoms. The Hall–Kier alpha value is -3.53. The lowest BCUT2D eigenvalue weighted by molar-refractivity contribution is -0.113. The summed E-state index contributed by atoms with van der Waals surface area (Å²) < 4.78 is 29.1. The molecule has 0 bridgehead atoms. The van der Waals surface area contributed by atoms with Gasteiger partial charge in [-0.15, -0.1) is 16.8 Å². The number of halogens is 2. The zero-order valence-corrected chi connectivity index (χ0v) is 19.0. The van der Waals surface area contributed by atoms with Crippen LogP contribution in [0.4, 0.5) is 14.5 Å². The molecule has 0 fully saturated rings. The summed E-state index contributed by atoms with van der Waals surface area (Å²) in [6.45, 7) is 7.55. The summed E-state index contributed by atoms with van der Waals surface area (Å²) in [5, 5.41) is 14.1. The number of benzene rings is 2. The summed E-state index contributed by atoms with van der Waals surface area (Å²) in [6, 6.07) is 9.28. The molecule has 172 valence electrons. The first-order valence-electron chi connectivity index (χ1n) is 10.1. The summed E-state index contributed by atoms with van der Waals surface area (Å²) in [6.07, 6.45) is 1.64. The Balaban J connectivity index is 1.69. The van der Waals surface area contributed by atoms with Crippen molar-refractivity contribution in [1.29, 1.82) is 0 Å². The Kier molecular flexibility index (Phi) is 7.94. The van der Waals surface area contributed by atoms with E-state index in [-0.39, 0.29) is 17.2 Å². The Bertz CT molecular complexity index is 1180. The van der Waals surface area contributed by atoms with Gasteiger partial charge in [-0.25, -0.2) is 8.78 Å². The lowest BCUT2D eigenvalue weighted by Crippen LogP contribution is -2.29. The van der Waals surface area contributed by atoms with Gasteiger partial charge >= 0.3 is 0 Å². The first-order valence-corrected chi connectivity index (χ1v) is 11.1. The fourth-order valence-electron chi connectivity index (χ4n) is 3.06. The molecule has 3 rings (SSSR count). The molecule has 1 heterocycles. The number of anilines is 1. The molecule has 2 aromatic carbocycles. The highest BCUT2D eigenvalue weighted by Crippen LogP contribution is 2.22. The quantitative estimate of drug-likeness (QED) is 0.359. The molecule has 0 unspecified atom stereocenters. The standard InChI is InChI=1S/C23H23F2N5O2S/c1-4-11-30-21(15(3)26-22(32)17-7-5-6-8-18(17)25)28-29-23(30)33-13-20(31)27-19-12-16(24)10-9-14(19)2/h4-10,12,15H,1,11,13H2,2-3H3,(H,26,32)(H,27,31)/t15-/m1/s1. The maximum atomic E-state index is 13.9. The molecule has 1 aromatic heterocycles. The van der Waals surface area contributed by atoms with Gasteiger partial charge in [0.1, 0.15) is 11.6 Å². The van der Waals surface area contributed by atoms with Crippen molar-refractivity contribution in [2.45, 2.75) is 31.6 Å². The van der Waals surface area contributed by atoms with Crippen LogP contribution in [0.25, 0.3) is 0 Å². The second kappa shape index (κ2) is 10.9. The van der Waals surface area contributed by atoms with Crippen LogP contribution >= 0.6 is 11.8 Å². The van der Waals surface area contributed by atoms with Crippen molar-refractivity contribution in [3.8, 4) is 0 Å². The molecule has 7 nitrogen and oxygen atoms in total. The van der Waals surface area contributed by atoms with Gasteiger partial charge in [-0.1, -0.05) is 36.0 Å². The monoisotopic (exact) mass is 471 g/mol. The molecule has 0 spiro atoms. The van der Waals surface area contributed by atoms with Crippen LogP contribution in [-0.2, 0) is 11.3 Å². The number of rotatable bonds is 9. The van der Waals surface area contributed by atoms with Crippen LogP contribution in [0.3, 0.4) is 0 Å². The van der Waals surface area contributed by atoms with Gasteiger partial charge in [0.2, 0.25) is 5.91 Å². The Morgan fingerprint density at radius 3 is 2.70 bits per heavy atom. The second-order valence-electron chi connectivity index (χ2n) is 7.21. The molecule has 10 heteroatoms. The molecule has 0 saturated heterocycles. The molecule has 2 N–H and O–H groups in total. The summed E-state index contributed by atoms with van der Waals surface area (Å²) in [5.74, 6) is -1.52. The van der Waals surface area contributed by atoms with Gasteiger partial charge in [-0.05, 0) is 43.7 Å². The summed E-state index contributed by atoms with van der Waals surface area (Å²) in [7, 11) is 0. The van der Waals surface area contributed by atoms with E-state index in [1.807, 2.05) is 0 Å². The van der Waals surface area contributed by atoms with Crippen LogP contribution in [0.15, 0.2) is 60.3 Å². The van der Waals surface area contributed by atoms with Gasteiger partial charge in [0.25, 0.3) is 5.91 Å². The van der Waals surface area contributed by atoms with Crippen molar-refractivity contribution in [2.75, 3.05) is 11.1 Å². The van der Waals surface area contributed by atoms with Crippen molar-refractivity contribution in [2.24, 2.45) is 0 Å². The molecule has 0 saturated carbocycles. The fraction of sp³-hybridized carbons (Fsp3) is 0.217. The van der Waals surface area contributed by atoms with Crippen LogP contribution in [0.5, 0.6) is 0 Å². The zero-order chi connectivity index (χ0) is 24.0. The van der Waals surface area contributed by atoms with Gasteiger partial charge in [0.05, 0.1) is 17.4 Å². The summed E-state index contributed by atoms with van der Waals surface area (Å²) in [5.41, 5.74) is 1.07. The fourth-order valence-corrected chi connectivity index (χ4v) is 3.81. The lowest BCUT2D eigenvalue weighted by Gasteiger charge is -2.15. The summed E-state index contributed by atoms with van der Waals surface area (Å²) in [4.78, 5) is 24.8. The number of nitrogens with zero attached hydrogens (tertiary/aromatic N) is 3. The van der Waals surface area contributed by atoms with E-state index in [0.29, 0.717) is 23.2 Å². The van der Waals surface area contributed by atoms with E-state index in [9.17, 15) is 18.4 Å². The SMILES string of the molecule is C=CCn1c(SCC(=O)Nc2cc(F)ccc2C)nnc1[C@@H](C)NC(=O)c1ccccc1F. The van der Waals surface area contributed by atoms with Gasteiger partial charge in [-0.2, -0.15) is 0 Å². The minimum Gasteiger partial charge on any atom is -0.342 e. The number of aryl methyl sites for hydroxylation is 1. The van der Waals surface area contributed by atoms with Crippen LogP contribution in [-0.4, -0.2) is 32.3 Å². The highest BCUT2D eigenvalue weighted by Gasteiger charge is 2.21. The number of aromatic nitrogens is 3. The largest absolute Gasteiger partial charge is 0.342 e. The molecule has 0 aliphatic heterocycles. The van der Waals surface area contributed by atoms with Crippen LogP contribution in [0.1, 0.15) is 34.7 Å². The van der Waals surface area contributed by atoms with Crippen molar-refractivity contribution in [3.63, 3.8) is 0 Å². The Labute approximate surface area is 194 Å². The van der Waals surface area contributed by atoms with Gasteiger partial charge in [0.15, 0.2) is 11.0 Å². The van der Waals surface area contributed by atoms with Crippen LogP contribution in [0, 0.1) is 18.6 Å². The number of thioether (sulfide) groups is 1. The van der Waals surface area contributed by atoms with E-state index in [1.165, 1.54) is 30.3 Å². The second-order valence-corrected chi connectivity index (χ2v) is 8.15. The third-order valence-corrected chi connectivity index (χ3v) is 5.68. The number of hydrogen-bond donors (Lipinski definition) is 2. The molecular weight excluding hydrogens is 448 g/mol. The van der Waals surface area contributed by atoms with Gasteiger partial charge in [-0.3, -0.25) is 9.59 Å². The number of hydrogen-bond acceptors (Lipinski definition) is 5. The van der Waals surface area contributed by atoms with Crippen LogP contribution in [0.2, 0.25) is 0 Å². The number of allylic oxidation sites excluding steroid dienone is 1. The predicted octanol–water partition coefficient (Wildman–Crippen LogP) is 4.27. The van der Waals surface area contributed by atoms with E-state index < -0.39 is 23.6 Å². The lowest BCUT2D eigenvalue weighted by atomic mass is 10.2. The third kappa shape index (κ3) is 6.04. The molecule has 2 amide bonds. The summed E-state index contributed by atoms with van der Waals surface area (Å²) >= 11 is 1.14. The minimum atomic E-state index is -0.620. The van der Waals surface area contributed by atoms with Crippen molar-refractivity contribution in [3.05, 3.63) is 83.7 Å². The molecule has 0 radical (unpaired) electrons. The number of carbonyl (C=O) groups excluding carboxylic acids is 2. The maximum absolute atomic E-state index is 13.9. The van der Waals surface area contributed by atoms with Crippen molar-refractivity contribution in [1.82, 2.24) is 20.1 Å². The van der Waals surface area contributed by atoms with E-state index in [1.54, 1.807) is 36.6 Å². The number of amides is 2. The van der Waals surface area contributed by atoms with Gasteiger partial charge in [0, 0.05) is 12.2 Å². The van der Waals surface area contributed by atoms with E-state index in [0.717, 1.165) is 17.3 Å². The van der Waals surface area contributed by atoms with E-state index in [4.69, 9.17) is 0 Å². The minimum absolute atomic E-state index is 0.0151. The topological polar surface area (TPSA) is 88.9 Å². The third-order valence-electron chi connectivity index (χ3n) is 4.72. The predicted molar refractivity (Wildman–Crippen MR) is 123 cm³/mol. The van der Waals surface area contributed by atoms with Crippen LogP contribution < -0.4 is 10.6 Å². The molecule has 3 aromatic rings. The Morgan fingerprint density at radius 2 is 1.97 bits per heavy atom. The molecule has 0 aliphatic rings. The smallest absolute Gasteiger partial charge is 0.254 e. The molecular formula is C23H23F2N5O2S. The maximum Gasteiger partial charge on any atom is 0.254 e.